The number of Topliss-reactive ketones (excluding diaryl/α,β-unsaturated/α-hetero) is 1. The Kier molecular flexibility index (Phi) is 4.42. The monoisotopic (exact) mass is 357 g/mol. The number of hydrogen-bond acceptors (Lipinski definition) is 4. The van der Waals surface area contributed by atoms with Gasteiger partial charge < -0.3 is 19.5 Å². The van der Waals surface area contributed by atoms with Crippen LogP contribution in [0, 0.1) is 6.92 Å². The minimum atomic E-state index is -0.759. The number of carbonyl (C=O) groups excluding carboxylic acids is 1. The van der Waals surface area contributed by atoms with Gasteiger partial charge in [0.05, 0.1) is 28.3 Å². The number of aromatic nitrogens is 1. The second-order valence-corrected chi connectivity index (χ2v) is 6.60. The smallest absolute Gasteiger partial charge is 0.162 e. The van der Waals surface area contributed by atoms with Crippen LogP contribution in [0.15, 0.2) is 12.1 Å². The summed E-state index contributed by atoms with van der Waals surface area (Å²) in [5.74, 6) is -0.0816. The summed E-state index contributed by atoms with van der Waals surface area (Å²) in [6, 6.07) is 3.37. The fraction of sp³-hybridized carbons (Fsp3) is 0.438. The van der Waals surface area contributed by atoms with Gasteiger partial charge in [0.15, 0.2) is 5.78 Å². The van der Waals surface area contributed by atoms with Crippen molar-refractivity contribution in [2.75, 3.05) is 6.61 Å². The first-order valence-electron chi connectivity index (χ1n) is 7.30. The second kappa shape index (κ2) is 6.07. The van der Waals surface area contributed by atoms with E-state index in [9.17, 15) is 15.0 Å². The van der Waals surface area contributed by atoms with Gasteiger partial charge in [-0.1, -0.05) is 23.2 Å². The van der Waals surface area contributed by atoms with Crippen LogP contribution < -0.4 is 0 Å². The molecule has 1 aromatic heterocycles. The van der Waals surface area contributed by atoms with Gasteiger partial charge in [0.1, 0.15) is 12.3 Å². The first-order chi connectivity index (χ1) is 10.8. The third kappa shape index (κ3) is 2.66. The van der Waals surface area contributed by atoms with Gasteiger partial charge in [-0.3, -0.25) is 4.79 Å². The van der Waals surface area contributed by atoms with Crippen molar-refractivity contribution in [1.29, 1.82) is 0 Å². The van der Waals surface area contributed by atoms with Gasteiger partial charge >= 0.3 is 0 Å². The molecule has 2 aromatic rings. The topological polar surface area (TPSA) is 71.7 Å². The molecule has 0 radical (unpaired) electrons. The van der Waals surface area contributed by atoms with E-state index in [0.717, 1.165) is 11.2 Å². The lowest BCUT2D eigenvalue weighted by Gasteiger charge is -2.17. The molecule has 0 aliphatic carbocycles. The maximum atomic E-state index is 12.1. The van der Waals surface area contributed by atoms with E-state index >= 15 is 0 Å². The number of ketones is 1. The highest BCUT2D eigenvalue weighted by atomic mass is 35.5. The summed E-state index contributed by atoms with van der Waals surface area (Å²) in [5, 5.41) is 20.7. The summed E-state index contributed by atoms with van der Waals surface area (Å²) in [6.07, 6.45) is -1.55. The molecule has 3 rings (SSSR count). The molecular weight excluding hydrogens is 341 g/mol. The predicted octanol–water partition coefficient (Wildman–Crippen LogP) is 3.10. The maximum absolute atomic E-state index is 12.1. The van der Waals surface area contributed by atoms with Crippen molar-refractivity contribution in [2.45, 2.75) is 38.7 Å². The average molecular weight is 358 g/mol. The Morgan fingerprint density at radius 1 is 1.39 bits per heavy atom. The highest BCUT2D eigenvalue weighted by molar-refractivity contribution is 6.43. The molecule has 5 nitrogen and oxygen atoms in total. The highest BCUT2D eigenvalue weighted by Gasteiger charge is 2.36. The minimum Gasteiger partial charge on any atom is -0.394 e. The van der Waals surface area contributed by atoms with Crippen LogP contribution in [0.1, 0.15) is 35.6 Å². The molecule has 2 heterocycles. The standard InChI is InChI=1S/C16H17Cl2NO4/c1-7-16(8(2)21)9-3-10(17)11(18)4-12(9)19(7)15-5-13(22)14(6-20)23-15/h3-4,13-15,20,22H,5-6H2,1-2H3/t13?,14-,15-/m1/s1. The van der Waals surface area contributed by atoms with Crippen molar-refractivity contribution < 1.29 is 19.7 Å². The Bertz CT molecular complexity index is 786. The zero-order valence-corrected chi connectivity index (χ0v) is 14.2. The molecule has 1 fully saturated rings. The molecule has 1 aromatic carbocycles. The quantitative estimate of drug-likeness (QED) is 0.828. The summed E-state index contributed by atoms with van der Waals surface area (Å²) in [6.45, 7) is 3.05. The Hall–Kier alpha value is -1.11. The molecule has 7 heteroatoms. The van der Waals surface area contributed by atoms with Crippen molar-refractivity contribution in [2.24, 2.45) is 0 Å². The van der Waals surface area contributed by atoms with Crippen LogP contribution in [0.2, 0.25) is 10.0 Å². The molecule has 0 spiro atoms. The summed E-state index contributed by atoms with van der Waals surface area (Å²) >= 11 is 12.2. The Morgan fingerprint density at radius 3 is 2.61 bits per heavy atom. The van der Waals surface area contributed by atoms with Crippen molar-refractivity contribution in [3.05, 3.63) is 33.4 Å². The summed E-state index contributed by atoms with van der Waals surface area (Å²) in [7, 11) is 0. The van der Waals surface area contributed by atoms with E-state index < -0.39 is 18.4 Å². The molecule has 23 heavy (non-hydrogen) atoms. The van der Waals surface area contributed by atoms with Crippen LogP contribution in [0.25, 0.3) is 10.9 Å². The molecule has 2 N–H and O–H groups in total. The van der Waals surface area contributed by atoms with Crippen LogP contribution in [-0.2, 0) is 4.74 Å². The van der Waals surface area contributed by atoms with E-state index in [-0.39, 0.29) is 12.4 Å². The SMILES string of the molecule is CC(=O)c1c(C)n([C@H]2CC(O)[C@@H](CO)O2)c2cc(Cl)c(Cl)cc12. The normalized spacial score (nSPS) is 24.5. The van der Waals surface area contributed by atoms with Crippen molar-refractivity contribution in [3.8, 4) is 0 Å². The van der Waals surface area contributed by atoms with Crippen molar-refractivity contribution in [3.63, 3.8) is 0 Å². The molecule has 0 bridgehead atoms. The summed E-state index contributed by atoms with van der Waals surface area (Å²) in [5.41, 5.74) is 2.00. The average Bonchev–Trinajstić information content (AvgIpc) is 2.96. The number of nitrogens with zero attached hydrogens (tertiary/aromatic N) is 1. The number of carbonyl (C=O) groups is 1. The number of benzene rings is 1. The number of hydrogen-bond donors (Lipinski definition) is 2. The van der Waals surface area contributed by atoms with E-state index in [1.165, 1.54) is 6.92 Å². The van der Waals surface area contributed by atoms with Gasteiger partial charge in [-0.25, -0.2) is 0 Å². The fourth-order valence-electron chi connectivity index (χ4n) is 3.28. The number of aliphatic hydroxyl groups is 2. The first-order valence-corrected chi connectivity index (χ1v) is 8.05. The van der Waals surface area contributed by atoms with Gasteiger partial charge in [-0.2, -0.15) is 0 Å². The molecule has 1 aliphatic heterocycles. The lowest BCUT2D eigenvalue weighted by atomic mass is 10.1. The van der Waals surface area contributed by atoms with E-state index in [2.05, 4.69) is 0 Å². The molecule has 1 unspecified atom stereocenters. The molecule has 1 saturated heterocycles. The Morgan fingerprint density at radius 2 is 2.04 bits per heavy atom. The molecule has 0 amide bonds. The molecular formula is C16H17Cl2NO4. The van der Waals surface area contributed by atoms with Crippen LogP contribution in [0.3, 0.4) is 0 Å². The number of aliphatic hydroxyl groups excluding tert-OH is 2. The molecule has 1 aliphatic rings. The molecule has 3 atom stereocenters. The predicted molar refractivity (Wildman–Crippen MR) is 88.3 cm³/mol. The van der Waals surface area contributed by atoms with Gasteiger partial charge in [0.25, 0.3) is 0 Å². The Balaban J connectivity index is 2.23. The largest absolute Gasteiger partial charge is 0.394 e. The van der Waals surface area contributed by atoms with Crippen molar-refractivity contribution in [1.82, 2.24) is 4.57 Å². The minimum absolute atomic E-state index is 0.0816. The zero-order chi connectivity index (χ0) is 16.9. The fourth-order valence-corrected chi connectivity index (χ4v) is 3.61. The summed E-state index contributed by atoms with van der Waals surface area (Å²) in [4.78, 5) is 12.1. The van der Waals surface area contributed by atoms with E-state index in [1.807, 2.05) is 11.5 Å². The third-order valence-electron chi connectivity index (χ3n) is 4.31. The highest BCUT2D eigenvalue weighted by Crippen LogP contribution is 2.39. The van der Waals surface area contributed by atoms with Crippen LogP contribution in [0.4, 0.5) is 0 Å². The second-order valence-electron chi connectivity index (χ2n) is 5.78. The lowest BCUT2D eigenvalue weighted by Crippen LogP contribution is -2.24. The van der Waals surface area contributed by atoms with E-state index in [1.54, 1.807) is 12.1 Å². The lowest BCUT2D eigenvalue weighted by molar-refractivity contribution is -0.0434. The number of ether oxygens (including phenoxy) is 1. The van der Waals surface area contributed by atoms with Gasteiger partial charge in [0, 0.05) is 23.1 Å². The van der Waals surface area contributed by atoms with Crippen LogP contribution in [0.5, 0.6) is 0 Å². The van der Waals surface area contributed by atoms with E-state index in [0.29, 0.717) is 27.4 Å². The number of halogens is 2. The Labute approximate surface area is 143 Å². The van der Waals surface area contributed by atoms with Gasteiger partial charge in [-0.15, -0.1) is 0 Å². The molecule has 0 saturated carbocycles. The van der Waals surface area contributed by atoms with Crippen LogP contribution in [-0.4, -0.2) is 39.4 Å². The van der Waals surface area contributed by atoms with Crippen molar-refractivity contribution >= 4 is 39.9 Å². The first kappa shape index (κ1) is 16.7. The van der Waals surface area contributed by atoms with Crippen LogP contribution >= 0.6 is 23.2 Å². The zero-order valence-electron chi connectivity index (χ0n) is 12.7. The third-order valence-corrected chi connectivity index (χ3v) is 5.04. The number of fused-ring (bicyclic) bond motifs is 1. The molecule has 124 valence electrons. The van der Waals surface area contributed by atoms with E-state index in [4.69, 9.17) is 27.9 Å². The number of rotatable bonds is 3. The maximum Gasteiger partial charge on any atom is 0.162 e. The van der Waals surface area contributed by atoms with Gasteiger partial charge in [0.2, 0.25) is 0 Å². The van der Waals surface area contributed by atoms with Gasteiger partial charge in [-0.05, 0) is 26.0 Å². The summed E-state index contributed by atoms with van der Waals surface area (Å²) < 4.78 is 7.58.